The van der Waals surface area contributed by atoms with Gasteiger partial charge in [0.2, 0.25) is 5.91 Å². The van der Waals surface area contributed by atoms with E-state index in [4.69, 9.17) is 15.1 Å². The molecule has 3 aromatic heterocycles. The molecule has 10 nitrogen and oxygen atoms in total. The molecule has 0 saturated carbocycles. The molecule has 4 aromatic rings. The number of fused-ring (bicyclic) bond motifs is 3. The largest absolute Gasteiger partial charge is 0.375 e. The Morgan fingerprint density at radius 3 is 2.72 bits per heavy atom. The van der Waals surface area contributed by atoms with E-state index >= 15 is 0 Å². The lowest BCUT2D eigenvalue weighted by Crippen LogP contribution is -2.43. The fraction of sp³-hybridized carbons (Fsp3) is 0.308. The number of piperidine rings is 1. The molecule has 1 aliphatic heterocycles. The maximum Gasteiger partial charge on any atom is 0.329 e. The normalized spacial score (nSPS) is 14.4. The Labute approximate surface area is 206 Å². The number of hydrogen-bond acceptors (Lipinski definition) is 7. The lowest BCUT2D eigenvalue weighted by atomic mass is 10.0. The summed E-state index contributed by atoms with van der Waals surface area (Å²) in [6, 6.07) is 9.20. The zero-order chi connectivity index (χ0) is 25.4. The summed E-state index contributed by atoms with van der Waals surface area (Å²) in [5.74, 6) is -0.0852. The predicted molar refractivity (Wildman–Crippen MR) is 137 cm³/mol. The number of H-pyrrole nitrogens is 1. The molecule has 0 bridgehead atoms. The third-order valence-corrected chi connectivity index (χ3v) is 6.79. The van der Waals surface area contributed by atoms with E-state index in [0.29, 0.717) is 48.2 Å². The highest BCUT2D eigenvalue weighted by molar-refractivity contribution is 6.01. The number of aromatic nitrogens is 4. The number of amides is 1. The van der Waals surface area contributed by atoms with E-state index in [1.807, 2.05) is 37.3 Å². The first-order valence-electron chi connectivity index (χ1n) is 11.7. The van der Waals surface area contributed by atoms with Gasteiger partial charge in [-0.3, -0.25) is 24.1 Å². The number of nitrogens with zero attached hydrogens (tertiary/aromatic N) is 4. The number of hydrogen-bond donors (Lipinski definition) is 2. The van der Waals surface area contributed by atoms with E-state index in [2.05, 4.69) is 9.97 Å². The van der Waals surface area contributed by atoms with Crippen molar-refractivity contribution in [2.45, 2.75) is 25.8 Å². The molecular weight excluding hydrogens is 460 g/mol. The van der Waals surface area contributed by atoms with Crippen molar-refractivity contribution in [3.05, 3.63) is 68.5 Å². The molecule has 0 aliphatic carbocycles. The lowest BCUT2D eigenvalue weighted by molar-refractivity contribution is -0.136. The van der Waals surface area contributed by atoms with Crippen molar-refractivity contribution in [2.75, 3.05) is 26.8 Å². The fourth-order valence-electron chi connectivity index (χ4n) is 4.84. The second-order valence-corrected chi connectivity index (χ2v) is 8.97. The highest BCUT2D eigenvalue weighted by Crippen LogP contribution is 2.29. The molecule has 1 saturated heterocycles. The molecule has 1 aromatic carbocycles. The van der Waals surface area contributed by atoms with Gasteiger partial charge in [-0.25, -0.2) is 9.78 Å². The van der Waals surface area contributed by atoms with Crippen LogP contribution in [-0.2, 0) is 9.53 Å². The number of nitrogens with one attached hydrogen (secondary N) is 2. The standard InChI is InChI=1S/C26H26N6O4/c1-15-3-4-16(11-17(15)12-27)20-5-6-21-23(29-20)24-19(13-28-21)25(34)30-26(35)32(24)18-7-9-31(10-8-18)22(33)14-36-2/h3-6,11-13,18,27H,7-10,14H2,1-2H3,(H,30,34,35). The van der Waals surface area contributed by atoms with Crippen LogP contribution in [0.15, 0.2) is 46.1 Å². The highest BCUT2D eigenvalue weighted by atomic mass is 16.5. The van der Waals surface area contributed by atoms with Gasteiger partial charge in [-0.05, 0) is 49.1 Å². The zero-order valence-electron chi connectivity index (χ0n) is 20.1. The molecule has 0 spiro atoms. The van der Waals surface area contributed by atoms with Gasteiger partial charge in [-0.15, -0.1) is 0 Å². The molecule has 0 radical (unpaired) electrons. The molecule has 1 fully saturated rings. The van der Waals surface area contributed by atoms with Gasteiger partial charge in [0.25, 0.3) is 5.56 Å². The summed E-state index contributed by atoms with van der Waals surface area (Å²) < 4.78 is 6.57. The summed E-state index contributed by atoms with van der Waals surface area (Å²) in [6.07, 6.45) is 3.89. The number of ether oxygens (including phenoxy) is 1. The van der Waals surface area contributed by atoms with Gasteiger partial charge in [0.05, 0.1) is 22.1 Å². The number of aryl methyl sites for hydroxylation is 1. The van der Waals surface area contributed by atoms with E-state index in [9.17, 15) is 14.4 Å². The topological polar surface area (TPSA) is 134 Å². The Balaban J connectivity index is 1.66. The van der Waals surface area contributed by atoms with Gasteiger partial charge < -0.3 is 15.0 Å². The van der Waals surface area contributed by atoms with E-state index in [0.717, 1.165) is 16.7 Å². The smallest absolute Gasteiger partial charge is 0.329 e. The summed E-state index contributed by atoms with van der Waals surface area (Å²) in [5.41, 5.74) is 3.70. The summed E-state index contributed by atoms with van der Waals surface area (Å²) in [4.78, 5) is 51.5. The third-order valence-electron chi connectivity index (χ3n) is 6.79. The Hall–Kier alpha value is -4.18. The molecule has 36 heavy (non-hydrogen) atoms. The maximum atomic E-state index is 13.1. The van der Waals surface area contributed by atoms with Gasteiger partial charge in [-0.2, -0.15) is 0 Å². The van der Waals surface area contributed by atoms with Crippen LogP contribution in [-0.4, -0.2) is 63.3 Å². The van der Waals surface area contributed by atoms with Crippen molar-refractivity contribution < 1.29 is 9.53 Å². The quantitative estimate of drug-likeness (QED) is 0.329. The average Bonchev–Trinajstić information content (AvgIpc) is 2.89. The number of benzene rings is 1. The maximum absolute atomic E-state index is 13.1. The molecule has 0 unspecified atom stereocenters. The second-order valence-electron chi connectivity index (χ2n) is 8.97. The number of aromatic amines is 1. The monoisotopic (exact) mass is 486 g/mol. The van der Waals surface area contributed by atoms with Crippen molar-refractivity contribution in [3.8, 4) is 11.3 Å². The summed E-state index contributed by atoms with van der Waals surface area (Å²) in [7, 11) is 1.49. The minimum atomic E-state index is -0.512. The Kier molecular flexibility index (Phi) is 6.19. The van der Waals surface area contributed by atoms with Crippen molar-refractivity contribution in [2.24, 2.45) is 0 Å². The van der Waals surface area contributed by atoms with Crippen LogP contribution in [0.4, 0.5) is 0 Å². The van der Waals surface area contributed by atoms with Crippen molar-refractivity contribution in [1.29, 1.82) is 5.41 Å². The SMILES string of the molecule is COCC(=O)N1CCC(n2c(=O)[nH]c(=O)c3cnc4ccc(-c5ccc(C)c(C=N)c5)nc4c32)CC1. The van der Waals surface area contributed by atoms with E-state index in [1.54, 1.807) is 9.47 Å². The fourth-order valence-corrected chi connectivity index (χ4v) is 4.84. The van der Waals surface area contributed by atoms with Crippen LogP contribution in [0.2, 0.25) is 0 Å². The number of carbonyl (C=O) groups is 1. The molecule has 0 atom stereocenters. The number of pyridine rings is 2. The third kappa shape index (κ3) is 4.09. The van der Waals surface area contributed by atoms with Gasteiger partial charge in [-0.1, -0.05) is 12.1 Å². The molecule has 4 heterocycles. The summed E-state index contributed by atoms with van der Waals surface area (Å²) >= 11 is 0. The summed E-state index contributed by atoms with van der Waals surface area (Å²) in [6.45, 7) is 2.93. The number of carbonyl (C=O) groups excluding carboxylic acids is 1. The van der Waals surface area contributed by atoms with E-state index < -0.39 is 11.2 Å². The van der Waals surface area contributed by atoms with Crippen LogP contribution >= 0.6 is 0 Å². The van der Waals surface area contributed by atoms with Crippen LogP contribution in [0.5, 0.6) is 0 Å². The zero-order valence-corrected chi connectivity index (χ0v) is 20.1. The first-order chi connectivity index (χ1) is 17.4. The van der Waals surface area contributed by atoms with Crippen LogP contribution < -0.4 is 11.2 Å². The Bertz CT molecular complexity index is 1620. The van der Waals surface area contributed by atoms with Gasteiger partial charge in [0.1, 0.15) is 12.1 Å². The summed E-state index contributed by atoms with van der Waals surface area (Å²) in [5, 5.41) is 7.96. The first kappa shape index (κ1) is 23.6. The minimum Gasteiger partial charge on any atom is -0.375 e. The van der Waals surface area contributed by atoms with Crippen molar-refractivity contribution in [1.82, 2.24) is 24.4 Å². The molecule has 184 valence electrons. The average molecular weight is 487 g/mol. The molecular formula is C26H26N6O4. The lowest BCUT2D eigenvalue weighted by Gasteiger charge is -2.33. The Morgan fingerprint density at radius 1 is 1.22 bits per heavy atom. The molecule has 1 amide bonds. The van der Waals surface area contributed by atoms with Crippen LogP contribution in [0.25, 0.3) is 33.2 Å². The minimum absolute atomic E-state index is 0.0217. The number of rotatable bonds is 5. The number of likely N-dealkylation sites (tertiary alicyclic amines) is 1. The van der Waals surface area contributed by atoms with Gasteiger partial charge in [0, 0.05) is 44.2 Å². The molecule has 10 heteroatoms. The number of methoxy groups -OCH3 is 1. The van der Waals surface area contributed by atoms with Crippen LogP contribution in [0, 0.1) is 12.3 Å². The molecule has 5 rings (SSSR count). The van der Waals surface area contributed by atoms with Crippen LogP contribution in [0.3, 0.4) is 0 Å². The second kappa shape index (κ2) is 9.46. The van der Waals surface area contributed by atoms with Crippen molar-refractivity contribution in [3.63, 3.8) is 0 Å². The highest BCUT2D eigenvalue weighted by Gasteiger charge is 2.27. The van der Waals surface area contributed by atoms with Gasteiger partial charge >= 0.3 is 5.69 Å². The molecule has 1 aliphatic rings. The van der Waals surface area contributed by atoms with Crippen molar-refractivity contribution >= 4 is 34.1 Å². The molecule has 2 N–H and O–H groups in total. The van der Waals surface area contributed by atoms with Crippen LogP contribution in [0.1, 0.15) is 30.0 Å². The first-order valence-corrected chi connectivity index (χ1v) is 11.7. The predicted octanol–water partition coefficient (Wildman–Crippen LogP) is 2.42. The van der Waals surface area contributed by atoms with E-state index in [-0.39, 0.29) is 23.9 Å². The Morgan fingerprint density at radius 2 is 2.00 bits per heavy atom. The van der Waals surface area contributed by atoms with E-state index in [1.165, 1.54) is 19.5 Å². The van der Waals surface area contributed by atoms with Gasteiger partial charge in [0.15, 0.2) is 0 Å².